The molecule has 3 nitrogen and oxygen atoms in total. The van der Waals surface area contributed by atoms with E-state index < -0.39 is 0 Å². The molecule has 1 rings (SSSR count). The predicted octanol–water partition coefficient (Wildman–Crippen LogP) is 1.82. The van der Waals surface area contributed by atoms with Crippen LogP contribution in [0.15, 0.2) is 11.8 Å². The van der Waals surface area contributed by atoms with Gasteiger partial charge in [-0.3, -0.25) is 0 Å². The lowest BCUT2D eigenvalue weighted by Crippen LogP contribution is -2.38. The molecule has 2 N–H and O–H groups in total. The molecule has 0 saturated carbocycles. The van der Waals surface area contributed by atoms with E-state index in [-0.39, 0.29) is 12.1 Å². The minimum atomic E-state index is 0.000231. The molecule has 3 heteroatoms. The van der Waals surface area contributed by atoms with Gasteiger partial charge < -0.3 is 15.2 Å². The van der Waals surface area contributed by atoms with Crippen LogP contribution in [0.1, 0.15) is 33.1 Å². The Balaban J connectivity index is 2.51. The summed E-state index contributed by atoms with van der Waals surface area (Å²) in [7, 11) is 0. The normalized spacial score (nSPS) is 20.9. The molecule has 82 valence electrons. The molecule has 14 heavy (non-hydrogen) atoms. The van der Waals surface area contributed by atoms with Gasteiger partial charge in [0, 0.05) is 6.61 Å². The van der Waals surface area contributed by atoms with Crippen molar-refractivity contribution in [2.45, 2.75) is 45.3 Å². The topological polar surface area (TPSA) is 44.5 Å². The first-order valence-corrected chi connectivity index (χ1v) is 5.47. The van der Waals surface area contributed by atoms with Crippen LogP contribution in [-0.4, -0.2) is 25.4 Å². The van der Waals surface area contributed by atoms with Crippen LogP contribution in [0, 0.1) is 0 Å². The van der Waals surface area contributed by atoms with Gasteiger partial charge in [0.15, 0.2) is 0 Å². The summed E-state index contributed by atoms with van der Waals surface area (Å²) >= 11 is 0. The average Bonchev–Trinajstić information content (AvgIpc) is 2.26. The summed E-state index contributed by atoms with van der Waals surface area (Å²) in [5, 5.41) is 0. The molecule has 0 spiro atoms. The monoisotopic (exact) mass is 199 g/mol. The number of ether oxygens (including phenoxy) is 2. The largest absolute Gasteiger partial charge is 0.501 e. The van der Waals surface area contributed by atoms with Crippen molar-refractivity contribution >= 4 is 0 Å². The van der Waals surface area contributed by atoms with Gasteiger partial charge in [-0.15, -0.1) is 0 Å². The molecule has 0 aliphatic carbocycles. The first kappa shape index (κ1) is 11.5. The zero-order chi connectivity index (χ0) is 10.4. The van der Waals surface area contributed by atoms with Crippen LogP contribution in [0.5, 0.6) is 0 Å². The average molecular weight is 199 g/mol. The summed E-state index contributed by atoms with van der Waals surface area (Å²) in [5.74, 6) is 0. The molecular formula is C11H21NO2. The number of nitrogens with two attached hydrogens (primary N) is 1. The van der Waals surface area contributed by atoms with E-state index in [1.54, 1.807) is 0 Å². The Morgan fingerprint density at radius 1 is 1.57 bits per heavy atom. The summed E-state index contributed by atoms with van der Waals surface area (Å²) in [6.07, 6.45) is 5.02. The van der Waals surface area contributed by atoms with E-state index in [0.717, 1.165) is 32.5 Å². The molecule has 0 aromatic heterocycles. The highest BCUT2D eigenvalue weighted by Gasteiger charge is 2.21. The Morgan fingerprint density at radius 2 is 2.36 bits per heavy atom. The van der Waals surface area contributed by atoms with Crippen molar-refractivity contribution in [3.05, 3.63) is 11.8 Å². The van der Waals surface area contributed by atoms with Gasteiger partial charge in [0.05, 0.1) is 25.0 Å². The fraction of sp³-hybridized carbons (Fsp3) is 0.818. The van der Waals surface area contributed by atoms with Gasteiger partial charge in [-0.1, -0.05) is 6.92 Å². The second kappa shape index (κ2) is 6.04. The third-order valence-corrected chi connectivity index (χ3v) is 2.57. The summed E-state index contributed by atoms with van der Waals surface area (Å²) in [6.45, 7) is 5.65. The van der Waals surface area contributed by atoms with E-state index in [0.29, 0.717) is 0 Å². The third kappa shape index (κ3) is 3.00. The van der Waals surface area contributed by atoms with E-state index in [1.807, 2.05) is 13.2 Å². The maximum atomic E-state index is 6.12. The van der Waals surface area contributed by atoms with Gasteiger partial charge in [0.25, 0.3) is 0 Å². The quantitative estimate of drug-likeness (QED) is 0.734. The van der Waals surface area contributed by atoms with E-state index in [2.05, 4.69) is 6.92 Å². The molecule has 0 amide bonds. The molecule has 0 radical (unpaired) electrons. The van der Waals surface area contributed by atoms with E-state index in [1.165, 1.54) is 5.57 Å². The van der Waals surface area contributed by atoms with Gasteiger partial charge in [0.1, 0.15) is 0 Å². The maximum Gasteiger partial charge on any atom is 0.0876 e. The van der Waals surface area contributed by atoms with Crippen LogP contribution in [-0.2, 0) is 9.47 Å². The fourth-order valence-electron chi connectivity index (χ4n) is 1.76. The van der Waals surface area contributed by atoms with Gasteiger partial charge in [0.2, 0.25) is 0 Å². The molecule has 1 aliphatic rings. The Bertz CT molecular complexity index is 192. The van der Waals surface area contributed by atoms with Crippen molar-refractivity contribution < 1.29 is 9.47 Å². The summed E-state index contributed by atoms with van der Waals surface area (Å²) in [5.41, 5.74) is 7.31. The molecule has 1 heterocycles. The highest BCUT2D eigenvalue weighted by atomic mass is 16.5. The van der Waals surface area contributed by atoms with E-state index in [4.69, 9.17) is 15.2 Å². The van der Waals surface area contributed by atoms with Gasteiger partial charge in [-0.25, -0.2) is 0 Å². The summed E-state index contributed by atoms with van der Waals surface area (Å²) < 4.78 is 10.9. The zero-order valence-electron chi connectivity index (χ0n) is 9.16. The van der Waals surface area contributed by atoms with Crippen molar-refractivity contribution in [1.82, 2.24) is 0 Å². The maximum absolute atomic E-state index is 6.12. The number of hydrogen-bond donors (Lipinski definition) is 1. The van der Waals surface area contributed by atoms with Crippen molar-refractivity contribution in [1.29, 1.82) is 0 Å². The molecule has 1 aliphatic heterocycles. The van der Waals surface area contributed by atoms with Gasteiger partial charge in [-0.2, -0.15) is 0 Å². The molecule has 0 aromatic carbocycles. The Kier molecular flexibility index (Phi) is 4.98. The van der Waals surface area contributed by atoms with Crippen LogP contribution in [0.3, 0.4) is 0 Å². The first-order chi connectivity index (χ1) is 6.79. The van der Waals surface area contributed by atoms with Crippen molar-refractivity contribution in [3.63, 3.8) is 0 Å². The fourth-order valence-corrected chi connectivity index (χ4v) is 1.76. The highest BCUT2D eigenvalue weighted by Crippen LogP contribution is 2.19. The van der Waals surface area contributed by atoms with Crippen LogP contribution < -0.4 is 5.73 Å². The van der Waals surface area contributed by atoms with E-state index >= 15 is 0 Å². The molecule has 2 unspecified atom stereocenters. The van der Waals surface area contributed by atoms with E-state index in [9.17, 15) is 0 Å². The lowest BCUT2D eigenvalue weighted by molar-refractivity contribution is 0.0465. The molecule has 0 fully saturated rings. The second-order valence-electron chi connectivity index (χ2n) is 3.59. The summed E-state index contributed by atoms with van der Waals surface area (Å²) in [6, 6.07) is 0.000231. The third-order valence-electron chi connectivity index (χ3n) is 2.57. The minimum Gasteiger partial charge on any atom is -0.501 e. The zero-order valence-corrected chi connectivity index (χ0v) is 9.16. The van der Waals surface area contributed by atoms with Crippen molar-refractivity contribution in [2.24, 2.45) is 5.73 Å². The lowest BCUT2D eigenvalue weighted by Gasteiger charge is -2.26. The Labute approximate surface area is 86.3 Å². The van der Waals surface area contributed by atoms with Crippen LogP contribution in [0.25, 0.3) is 0 Å². The van der Waals surface area contributed by atoms with Crippen molar-refractivity contribution in [3.8, 4) is 0 Å². The number of rotatable bonds is 5. The molecule has 2 atom stereocenters. The summed E-state index contributed by atoms with van der Waals surface area (Å²) in [4.78, 5) is 0. The molecule has 0 bridgehead atoms. The lowest BCUT2D eigenvalue weighted by atomic mass is 9.97. The number of hydrogen-bond acceptors (Lipinski definition) is 3. The van der Waals surface area contributed by atoms with Crippen LogP contribution in [0.4, 0.5) is 0 Å². The molecule has 0 saturated heterocycles. The molecule has 0 aromatic rings. The van der Waals surface area contributed by atoms with Gasteiger partial charge in [-0.05, 0) is 31.8 Å². The smallest absolute Gasteiger partial charge is 0.0876 e. The highest BCUT2D eigenvalue weighted by molar-refractivity contribution is 5.11. The van der Waals surface area contributed by atoms with Crippen LogP contribution >= 0.6 is 0 Å². The van der Waals surface area contributed by atoms with Gasteiger partial charge >= 0.3 is 0 Å². The molecular weight excluding hydrogens is 178 g/mol. The second-order valence-corrected chi connectivity index (χ2v) is 3.59. The minimum absolute atomic E-state index is 0.000231. The standard InChI is InChI=1S/C11H21NO2/c1-3-10(14-4-2)11(12)9-6-5-7-13-8-9/h8,10-11H,3-7,12H2,1-2H3. The predicted molar refractivity (Wildman–Crippen MR) is 56.9 cm³/mol. The Hall–Kier alpha value is -0.540. The van der Waals surface area contributed by atoms with Crippen molar-refractivity contribution in [2.75, 3.05) is 13.2 Å². The Morgan fingerprint density at radius 3 is 2.86 bits per heavy atom. The SMILES string of the molecule is CCOC(CC)C(N)C1=COCCC1. The van der Waals surface area contributed by atoms with Crippen LogP contribution in [0.2, 0.25) is 0 Å². The first-order valence-electron chi connectivity index (χ1n) is 5.47.